The molecule has 0 saturated carbocycles. The van der Waals surface area contributed by atoms with Crippen molar-refractivity contribution in [2.45, 2.75) is 31.6 Å². The number of benzene rings is 1. The van der Waals surface area contributed by atoms with E-state index in [1.54, 1.807) is 11.6 Å². The van der Waals surface area contributed by atoms with Crippen LogP contribution in [0.15, 0.2) is 27.5 Å². The van der Waals surface area contributed by atoms with Gasteiger partial charge in [-0.3, -0.25) is 0 Å². The third-order valence-corrected chi connectivity index (χ3v) is 6.60. The molecule has 0 aliphatic rings. The second kappa shape index (κ2) is 6.48. The molecular formula is C15H16ClN3O2S2. The predicted octanol–water partition coefficient (Wildman–Crippen LogP) is 3.33. The second-order valence-electron chi connectivity index (χ2n) is 5.37. The maximum absolute atomic E-state index is 12.6. The van der Waals surface area contributed by atoms with Crippen molar-refractivity contribution in [1.29, 1.82) is 5.26 Å². The molecular weight excluding hydrogens is 354 g/mol. The Kier molecular flexibility index (Phi) is 4.99. The number of halogens is 1. The first-order valence-electron chi connectivity index (χ1n) is 6.84. The molecule has 0 atom stereocenters. The van der Waals surface area contributed by atoms with Crippen molar-refractivity contribution in [2.75, 3.05) is 0 Å². The Morgan fingerprint density at radius 1 is 1.39 bits per heavy atom. The number of hydrogen-bond donors (Lipinski definition) is 0. The second-order valence-corrected chi connectivity index (χ2v) is 8.38. The largest absolute Gasteiger partial charge is 0.323 e. The Bertz CT molecular complexity index is 964. The van der Waals surface area contributed by atoms with Gasteiger partial charge in [0.25, 0.3) is 10.0 Å². The monoisotopic (exact) mass is 369 g/mol. The molecule has 2 aromatic rings. The van der Waals surface area contributed by atoms with Crippen molar-refractivity contribution >= 4 is 33.0 Å². The SMILES string of the molecule is Cc1c(C(C)C)sc(=NS(=O)(=O)c2cc(Cl)ccc2C#N)n1C. The number of nitriles is 1. The summed E-state index contributed by atoms with van der Waals surface area (Å²) in [6, 6.07) is 5.97. The summed E-state index contributed by atoms with van der Waals surface area (Å²) >= 11 is 7.20. The highest BCUT2D eigenvalue weighted by molar-refractivity contribution is 7.90. The van der Waals surface area contributed by atoms with E-state index in [1.807, 2.05) is 26.8 Å². The molecule has 8 heteroatoms. The summed E-state index contributed by atoms with van der Waals surface area (Å²) < 4.78 is 30.8. The molecule has 0 amide bonds. The zero-order valence-electron chi connectivity index (χ0n) is 13.2. The number of nitrogens with zero attached hydrogens (tertiary/aromatic N) is 3. The summed E-state index contributed by atoms with van der Waals surface area (Å²) in [6.07, 6.45) is 0. The summed E-state index contributed by atoms with van der Waals surface area (Å²) in [7, 11) is -2.25. The van der Waals surface area contributed by atoms with E-state index in [0.717, 1.165) is 10.6 Å². The van der Waals surface area contributed by atoms with Crippen molar-refractivity contribution in [2.24, 2.45) is 11.4 Å². The molecule has 23 heavy (non-hydrogen) atoms. The molecule has 2 rings (SSSR count). The fourth-order valence-corrected chi connectivity index (χ4v) is 4.88. The standard InChI is InChI=1S/C15H16ClN3O2S2/c1-9(2)14-10(3)19(4)15(22-14)18-23(20,21)13-7-12(16)6-5-11(13)8-17/h5-7,9H,1-4H3. The lowest BCUT2D eigenvalue weighted by Gasteiger charge is -2.03. The van der Waals surface area contributed by atoms with Crippen LogP contribution in [0.3, 0.4) is 0 Å². The van der Waals surface area contributed by atoms with E-state index in [9.17, 15) is 8.42 Å². The smallest absolute Gasteiger partial charge is 0.286 e. The van der Waals surface area contributed by atoms with Crippen LogP contribution in [0.5, 0.6) is 0 Å². The molecule has 0 unspecified atom stereocenters. The first kappa shape index (κ1) is 17.7. The van der Waals surface area contributed by atoms with Gasteiger partial charge < -0.3 is 4.57 Å². The van der Waals surface area contributed by atoms with Crippen LogP contribution < -0.4 is 4.80 Å². The minimum absolute atomic E-state index is 0.0261. The molecule has 0 spiro atoms. The number of rotatable bonds is 3. The Hall–Kier alpha value is -1.62. The van der Waals surface area contributed by atoms with Crippen molar-refractivity contribution < 1.29 is 8.42 Å². The highest BCUT2D eigenvalue weighted by atomic mass is 35.5. The molecule has 0 aliphatic heterocycles. The molecule has 0 bridgehead atoms. The summed E-state index contributed by atoms with van der Waals surface area (Å²) in [4.78, 5) is 1.27. The molecule has 0 radical (unpaired) electrons. The van der Waals surface area contributed by atoms with Crippen LogP contribution >= 0.6 is 22.9 Å². The van der Waals surface area contributed by atoms with Crippen molar-refractivity contribution in [3.8, 4) is 6.07 Å². The first-order valence-corrected chi connectivity index (χ1v) is 9.47. The van der Waals surface area contributed by atoms with Gasteiger partial charge in [-0.2, -0.15) is 13.7 Å². The Balaban J connectivity index is 2.71. The third-order valence-electron chi connectivity index (χ3n) is 3.41. The molecule has 1 aromatic heterocycles. The van der Waals surface area contributed by atoms with E-state index in [-0.39, 0.29) is 21.4 Å². The highest BCUT2D eigenvalue weighted by Crippen LogP contribution is 2.24. The molecule has 0 aliphatic carbocycles. The fraction of sp³-hybridized carbons (Fsp3) is 0.333. The van der Waals surface area contributed by atoms with Crippen molar-refractivity contribution in [3.63, 3.8) is 0 Å². The van der Waals surface area contributed by atoms with E-state index in [0.29, 0.717) is 4.80 Å². The van der Waals surface area contributed by atoms with E-state index in [1.165, 1.54) is 29.5 Å². The van der Waals surface area contributed by atoms with Gasteiger partial charge in [0, 0.05) is 22.6 Å². The summed E-state index contributed by atoms with van der Waals surface area (Å²) in [5.74, 6) is 0.277. The van der Waals surface area contributed by atoms with Crippen LogP contribution in [0.4, 0.5) is 0 Å². The quantitative estimate of drug-likeness (QED) is 0.832. The molecule has 5 nitrogen and oxygen atoms in total. The third kappa shape index (κ3) is 3.50. The average Bonchev–Trinajstić information content (AvgIpc) is 2.75. The Labute approximate surface area is 144 Å². The van der Waals surface area contributed by atoms with Crippen LogP contribution in [0.2, 0.25) is 5.02 Å². The maximum atomic E-state index is 12.6. The van der Waals surface area contributed by atoms with Gasteiger partial charge in [-0.05, 0) is 31.0 Å². The topological polar surface area (TPSA) is 75.2 Å². The first-order chi connectivity index (χ1) is 10.7. The van der Waals surface area contributed by atoms with Gasteiger partial charge >= 0.3 is 0 Å². The lowest BCUT2D eigenvalue weighted by Crippen LogP contribution is -2.15. The van der Waals surface area contributed by atoms with Gasteiger partial charge in [-0.25, -0.2) is 0 Å². The Morgan fingerprint density at radius 3 is 2.57 bits per heavy atom. The summed E-state index contributed by atoms with van der Waals surface area (Å²) in [5, 5.41) is 9.36. The van der Waals surface area contributed by atoms with Gasteiger partial charge in [0.1, 0.15) is 11.0 Å². The van der Waals surface area contributed by atoms with Crippen LogP contribution in [-0.2, 0) is 17.1 Å². The molecule has 0 N–H and O–H groups in total. The average molecular weight is 370 g/mol. The fourth-order valence-electron chi connectivity index (χ4n) is 2.12. The normalized spacial score (nSPS) is 12.7. The zero-order chi connectivity index (χ0) is 17.4. The van der Waals surface area contributed by atoms with Crippen molar-refractivity contribution in [3.05, 3.63) is 44.2 Å². The zero-order valence-corrected chi connectivity index (χ0v) is 15.6. The van der Waals surface area contributed by atoms with Crippen molar-refractivity contribution in [1.82, 2.24) is 4.57 Å². The lowest BCUT2D eigenvalue weighted by molar-refractivity contribution is 0.595. The number of aromatic nitrogens is 1. The van der Waals surface area contributed by atoms with E-state index in [4.69, 9.17) is 16.9 Å². The molecule has 1 heterocycles. The van der Waals surface area contributed by atoms with Gasteiger partial charge in [0.2, 0.25) is 4.80 Å². The number of hydrogen-bond acceptors (Lipinski definition) is 4. The number of thiazole rings is 1. The lowest BCUT2D eigenvalue weighted by atomic mass is 10.1. The molecule has 1 aromatic carbocycles. The van der Waals surface area contributed by atoms with Gasteiger partial charge in [-0.15, -0.1) is 15.7 Å². The molecule has 0 saturated heterocycles. The van der Waals surface area contributed by atoms with E-state index < -0.39 is 10.0 Å². The number of sulfonamides is 1. The van der Waals surface area contributed by atoms with Gasteiger partial charge in [0.15, 0.2) is 0 Å². The summed E-state index contributed by atoms with van der Waals surface area (Å²) in [5.41, 5.74) is 1.00. The van der Waals surface area contributed by atoms with E-state index in [2.05, 4.69) is 4.40 Å². The minimum atomic E-state index is -4.02. The van der Waals surface area contributed by atoms with Crippen LogP contribution in [0, 0.1) is 18.3 Å². The van der Waals surface area contributed by atoms with Crippen LogP contribution in [0.1, 0.15) is 35.9 Å². The predicted molar refractivity (Wildman–Crippen MR) is 91.0 cm³/mol. The Morgan fingerprint density at radius 2 is 2.04 bits per heavy atom. The highest BCUT2D eigenvalue weighted by Gasteiger charge is 2.20. The molecule has 122 valence electrons. The van der Waals surface area contributed by atoms with Crippen LogP contribution in [0.25, 0.3) is 0 Å². The van der Waals surface area contributed by atoms with Crippen LogP contribution in [-0.4, -0.2) is 13.0 Å². The van der Waals surface area contributed by atoms with E-state index >= 15 is 0 Å². The van der Waals surface area contributed by atoms with Gasteiger partial charge in [-0.1, -0.05) is 25.4 Å². The van der Waals surface area contributed by atoms with Gasteiger partial charge in [0.05, 0.1) is 5.56 Å². The molecule has 0 fully saturated rings. The minimum Gasteiger partial charge on any atom is -0.323 e. The maximum Gasteiger partial charge on any atom is 0.286 e. The summed E-state index contributed by atoms with van der Waals surface area (Å²) in [6.45, 7) is 6.02.